The minimum Gasteiger partial charge on any atom is -0.357 e. The zero-order valence-electron chi connectivity index (χ0n) is 14.9. The molecule has 0 radical (unpaired) electrons. The Kier molecular flexibility index (Phi) is 3.64. The number of H-pyrrole nitrogens is 2. The van der Waals surface area contributed by atoms with Crippen LogP contribution in [0.2, 0.25) is 0 Å². The number of para-hydroxylation sites is 1. The van der Waals surface area contributed by atoms with Crippen LogP contribution in [-0.2, 0) is 13.0 Å². The van der Waals surface area contributed by atoms with E-state index in [1.807, 2.05) is 6.20 Å². The van der Waals surface area contributed by atoms with E-state index in [1.54, 1.807) is 0 Å². The van der Waals surface area contributed by atoms with Crippen LogP contribution >= 0.6 is 0 Å². The molecular weight excluding hydrogens is 320 g/mol. The molecule has 2 N–H and O–H groups in total. The molecule has 2 aromatic heterocycles. The van der Waals surface area contributed by atoms with Crippen molar-refractivity contribution in [1.82, 2.24) is 20.1 Å². The molecule has 26 heavy (non-hydrogen) atoms. The normalized spacial score (nSPS) is 17.5. The van der Waals surface area contributed by atoms with Crippen molar-refractivity contribution in [2.45, 2.75) is 25.9 Å². The summed E-state index contributed by atoms with van der Waals surface area (Å²) in [6.07, 6.45) is 2.90. The highest BCUT2D eigenvalue weighted by molar-refractivity contribution is 5.85. The topological polar surface area (TPSA) is 47.7 Å². The quantitative estimate of drug-likeness (QED) is 0.581. The average Bonchev–Trinajstić information content (AvgIpc) is 3.30. The lowest BCUT2D eigenvalue weighted by Gasteiger charge is -2.36. The summed E-state index contributed by atoms with van der Waals surface area (Å²) in [4.78, 5) is 6.28. The van der Waals surface area contributed by atoms with Crippen LogP contribution in [0.25, 0.3) is 10.9 Å². The van der Waals surface area contributed by atoms with Gasteiger partial charge in [0.25, 0.3) is 0 Å². The van der Waals surface area contributed by atoms with Crippen molar-refractivity contribution >= 4 is 10.9 Å². The molecule has 0 bridgehead atoms. The van der Waals surface area contributed by atoms with Gasteiger partial charge in [-0.2, -0.15) is 5.10 Å². The fourth-order valence-corrected chi connectivity index (χ4v) is 4.30. The third-order valence-electron chi connectivity index (χ3n) is 5.55. The summed E-state index contributed by atoms with van der Waals surface area (Å²) in [5.74, 6) is 0. The third kappa shape index (κ3) is 2.45. The van der Waals surface area contributed by atoms with Gasteiger partial charge in [-0.05, 0) is 42.2 Å². The maximum Gasteiger partial charge on any atom is 0.0763 e. The van der Waals surface area contributed by atoms with Crippen LogP contribution in [0.1, 0.15) is 34.1 Å². The Labute approximate surface area is 152 Å². The third-order valence-corrected chi connectivity index (χ3v) is 5.55. The molecule has 5 rings (SSSR count). The predicted octanol–water partition coefficient (Wildman–Crippen LogP) is 4.35. The zero-order valence-corrected chi connectivity index (χ0v) is 14.9. The Bertz CT molecular complexity index is 1050. The van der Waals surface area contributed by atoms with Crippen molar-refractivity contribution in [2.75, 3.05) is 6.54 Å². The van der Waals surface area contributed by atoms with Gasteiger partial charge in [-0.15, -0.1) is 0 Å². The minimum absolute atomic E-state index is 0.232. The average molecular weight is 342 g/mol. The Morgan fingerprint density at radius 3 is 2.77 bits per heavy atom. The highest BCUT2D eigenvalue weighted by atomic mass is 15.2. The van der Waals surface area contributed by atoms with Gasteiger partial charge in [-0.3, -0.25) is 10.00 Å². The summed E-state index contributed by atoms with van der Waals surface area (Å²) in [7, 11) is 0. The second kappa shape index (κ2) is 6.15. The Morgan fingerprint density at radius 1 is 1.08 bits per heavy atom. The van der Waals surface area contributed by atoms with Crippen LogP contribution in [0.15, 0.2) is 60.8 Å². The molecule has 4 aromatic rings. The number of aryl methyl sites for hydroxylation is 1. The fourth-order valence-electron chi connectivity index (χ4n) is 4.30. The smallest absolute Gasteiger partial charge is 0.0763 e. The highest BCUT2D eigenvalue weighted by Gasteiger charge is 2.32. The van der Waals surface area contributed by atoms with Gasteiger partial charge in [0.15, 0.2) is 0 Å². The zero-order chi connectivity index (χ0) is 17.5. The van der Waals surface area contributed by atoms with Gasteiger partial charge in [0.1, 0.15) is 0 Å². The second-order valence-electron chi connectivity index (χ2n) is 7.12. The molecule has 1 unspecified atom stereocenters. The lowest BCUT2D eigenvalue weighted by atomic mass is 9.90. The van der Waals surface area contributed by atoms with Crippen molar-refractivity contribution in [2.24, 2.45) is 0 Å². The molecule has 4 heteroatoms. The van der Waals surface area contributed by atoms with Gasteiger partial charge >= 0.3 is 0 Å². The summed E-state index contributed by atoms with van der Waals surface area (Å²) >= 11 is 0. The van der Waals surface area contributed by atoms with Crippen LogP contribution in [0.4, 0.5) is 0 Å². The number of rotatable bonds is 3. The molecule has 0 aliphatic carbocycles. The Hall–Kier alpha value is -2.85. The molecular formula is C22H22N4. The maximum atomic E-state index is 4.12. The summed E-state index contributed by atoms with van der Waals surface area (Å²) in [5, 5.41) is 8.61. The SMILES string of the molecule is Cc1ccccc1C1c2[nH]c3ccccc3c2CCN1Cc1ccn[nH]1. The Balaban J connectivity index is 1.67. The highest BCUT2D eigenvalue weighted by Crippen LogP contribution is 2.39. The van der Waals surface area contributed by atoms with Gasteiger partial charge in [-0.1, -0.05) is 42.5 Å². The van der Waals surface area contributed by atoms with E-state index in [0.717, 1.165) is 25.2 Å². The van der Waals surface area contributed by atoms with Gasteiger partial charge < -0.3 is 4.98 Å². The van der Waals surface area contributed by atoms with E-state index in [4.69, 9.17) is 0 Å². The molecule has 1 aliphatic heterocycles. The molecule has 130 valence electrons. The molecule has 3 heterocycles. The first-order chi connectivity index (χ1) is 12.8. The van der Waals surface area contributed by atoms with Crippen LogP contribution in [0.5, 0.6) is 0 Å². The van der Waals surface area contributed by atoms with Crippen LogP contribution < -0.4 is 0 Å². The maximum absolute atomic E-state index is 4.12. The van der Waals surface area contributed by atoms with E-state index in [9.17, 15) is 0 Å². The lowest BCUT2D eigenvalue weighted by Crippen LogP contribution is -2.36. The number of fused-ring (bicyclic) bond motifs is 3. The van der Waals surface area contributed by atoms with Gasteiger partial charge in [-0.25, -0.2) is 0 Å². The van der Waals surface area contributed by atoms with Gasteiger partial charge in [0.2, 0.25) is 0 Å². The van der Waals surface area contributed by atoms with E-state index in [0.29, 0.717) is 0 Å². The van der Waals surface area contributed by atoms with E-state index in [-0.39, 0.29) is 6.04 Å². The number of hydrogen-bond donors (Lipinski definition) is 2. The first-order valence-corrected chi connectivity index (χ1v) is 9.18. The van der Waals surface area contributed by atoms with Crippen LogP contribution in [0.3, 0.4) is 0 Å². The molecule has 0 saturated carbocycles. The molecule has 1 atom stereocenters. The van der Waals surface area contributed by atoms with Crippen LogP contribution in [0, 0.1) is 6.92 Å². The molecule has 1 aliphatic rings. The van der Waals surface area contributed by atoms with E-state index < -0.39 is 0 Å². The summed E-state index contributed by atoms with van der Waals surface area (Å²) < 4.78 is 0. The summed E-state index contributed by atoms with van der Waals surface area (Å²) in [5.41, 5.74) is 7.90. The first-order valence-electron chi connectivity index (χ1n) is 9.18. The first kappa shape index (κ1) is 15.4. The molecule has 2 aromatic carbocycles. The number of aromatic nitrogens is 3. The number of benzene rings is 2. The van der Waals surface area contributed by atoms with Gasteiger partial charge in [0, 0.05) is 41.6 Å². The van der Waals surface area contributed by atoms with Crippen LogP contribution in [-0.4, -0.2) is 26.6 Å². The molecule has 0 fully saturated rings. The van der Waals surface area contributed by atoms with Crippen molar-refractivity contribution in [3.63, 3.8) is 0 Å². The Morgan fingerprint density at radius 2 is 1.92 bits per heavy atom. The number of aromatic amines is 2. The summed E-state index contributed by atoms with van der Waals surface area (Å²) in [6.45, 7) is 4.11. The molecule has 4 nitrogen and oxygen atoms in total. The molecule has 0 spiro atoms. The standard InChI is InChI=1S/C22H22N4/c1-15-6-2-3-7-17(15)22-21-19(18-8-4-5-9-20(18)24-21)11-13-26(22)14-16-10-12-23-25-16/h2-10,12,22,24H,11,13-14H2,1H3,(H,23,25). The number of hydrogen-bond acceptors (Lipinski definition) is 2. The van der Waals surface area contributed by atoms with E-state index in [1.165, 1.54) is 33.3 Å². The largest absolute Gasteiger partial charge is 0.357 e. The number of nitrogens with one attached hydrogen (secondary N) is 2. The van der Waals surface area contributed by atoms with E-state index >= 15 is 0 Å². The second-order valence-corrected chi connectivity index (χ2v) is 7.12. The van der Waals surface area contributed by atoms with Crippen molar-refractivity contribution in [3.8, 4) is 0 Å². The molecule has 0 saturated heterocycles. The predicted molar refractivity (Wildman–Crippen MR) is 104 cm³/mol. The van der Waals surface area contributed by atoms with E-state index in [2.05, 4.69) is 81.6 Å². The number of nitrogens with zero attached hydrogens (tertiary/aromatic N) is 2. The monoisotopic (exact) mass is 342 g/mol. The molecule has 0 amide bonds. The minimum atomic E-state index is 0.232. The summed E-state index contributed by atoms with van der Waals surface area (Å²) in [6, 6.07) is 19.7. The van der Waals surface area contributed by atoms with Crippen molar-refractivity contribution in [1.29, 1.82) is 0 Å². The fraction of sp³-hybridized carbons (Fsp3) is 0.227. The lowest BCUT2D eigenvalue weighted by molar-refractivity contribution is 0.199. The van der Waals surface area contributed by atoms with Crippen molar-refractivity contribution in [3.05, 3.63) is 88.9 Å². The van der Waals surface area contributed by atoms with Gasteiger partial charge in [0.05, 0.1) is 6.04 Å². The van der Waals surface area contributed by atoms with Crippen molar-refractivity contribution < 1.29 is 0 Å².